The van der Waals surface area contributed by atoms with Crippen LogP contribution >= 0.6 is 0 Å². The van der Waals surface area contributed by atoms with Gasteiger partial charge in [-0.05, 0) is 36.1 Å². The zero-order chi connectivity index (χ0) is 18.1. The van der Waals surface area contributed by atoms with E-state index in [1.54, 1.807) is 12.1 Å². The Hall–Kier alpha value is -3.14. The number of fused-ring (bicyclic) bond motifs is 1. The minimum absolute atomic E-state index is 0.181. The van der Waals surface area contributed by atoms with Crippen LogP contribution in [-0.4, -0.2) is 4.92 Å². The van der Waals surface area contributed by atoms with Gasteiger partial charge in [0.15, 0.2) is 0 Å². The smallest absolute Gasteiger partial charge is 0.274 e. The molecule has 0 saturated carbocycles. The second-order valence-corrected chi connectivity index (χ2v) is 6.72. The van der Waals surface area contributed by atoms with Crippen LogP contribution in [0.25, 0.3) is 0 Å². The molecule has 3 aromatic rings. The van der Waals surface area contributed by atoms with E-state index in [9.17, 15) is 10.1 Å². The predicted molar refractivity (Wildman–Crippen MR) is 103 cm³/mol. The first-order chi connectivity index (χ1) is 12.6. The highest BCUT2D eigenvalue weighted by molar-refractivity contribution is 5.62. The first-order valence-electron chi connectivity index (χ1n) is 8.77. The summed E-state index contributed by atoms with van der Waals surface area (Å²) in [5.74, 6) is 0. The zero-order valence-electron chi connectivity index (χ0n) is 14.6. The van der Waals surface area contributed by atoms with Crippen molar-refractivity contribution in [3.8, 4) is 0 Å². The summed E-state index contributed by atoms with van der Waals surface area (Å²) in [5.41, 5.74) is 5.91. The minimum atomic E-state index is -0.292. The molecule has 0 N–H and O–H groups in total. The molecule has 0 unspecified atom stereocenters. The molecule has 0 aromatic heterocycles. The van der Waals surface area contributed by atoms with Gasteiger partial charge >= 0.3 is 0 Å². The van der Waals surface area contributed by atoms with Gasteiger partial charge in [-0.2, -0.15) is 0 Å². The third kappa shape index (κ3) is 2.84. The Morgan fingerprint density at radius 2 is 1.69 bits per heavy atom. The molecule has 1 atom stereocenters. The number of anilines is 1. The molecule has 4 heteroatoms. The summed E-state index contributed by atoms with van der Waals surface area (Å²) in [6.07, 6.45) is 0.918. The van der Waals surface area contributed by atoms with Crippen LogP contribution in [0.15, 0.2) is 72.8 Å². The van der Waals surface area contributed by atoms with Crippen LogP contribution in [0.2, 0.25) is 0 Å². The van der Waals surface area contributed by atoms with E-state index < -0.39 is 0 Å². The highest BCUT2D eigenvalue weighted by Crippen LogP contribution is 2.42. The molecule has 1 heterocycles. The highest BCUT2D eigenvalue weighted by atomic mass is 16.6. The normalized spacial score (nSPS) is 15.7. The Morgan fingerprint density at radius 1 is 1.00 bits per heavy atom. The predicted octanol–water partition coefficient (Wildman–Crippen LogP) is 5.21. The van der Waals surface area contributed by atoms with E-state index in [1.165, 1.54) is 22.4 Å². The fourth-order valence-electron chi connectivity index (χ4n) is 3.89. The lowest BCUT2D eigenvalue weighted by Crippen LogP contribution is -2.25. The number of benzene rings is 3. The van der Waals surface area contributed by atoms with Crippen molar-refractivity contribution < 1.29 is 4.92 Å². The van der Waals surface area contributed by atoms with E-state index in [0.29, 0.717) is 6.54 Å². The van der Waals surface area contributed by atoms with Crippen LogP contribution in [0.4, 0.5) is 11.4 Å². The van der Waals surface area contributed by atoms with Gasteiger partial charge in [0, 0.05) is 17.3 Å². The molecule has 0 aliphatic carbocycles. The maximum absolute atomic E-state index is 11.4. The van der Waals surface area contributed by atoms with Crippen molar-refractivity contribution >= 4 is 11.4 Å². The van der Waals surface area contributed by atoms with Gasteiger partial charge in [0.25, 0.3) is 5.69 Å². The van der Waals surface area contributed by atoms with Crippen LogP contribution in [0, 0.1) is 17.0 Å². The van der Waals surface area contributed by atoms with E-state index in [2.05, 4.69) is 48.2 Å². The number of hydrogen-bond donors (Lipinski definition) is 0. The second-order valence-electron chi connectivity index (χ2n) is 6.72. The first-order valence-corrected chi connectivity index (χ1v) is 8.77. The Balaban J connectivity index is 1.78. The SMILES string of the molecule is Cc1ccccc1[C@@H]1Cc2ccccc2N1Cc1ccccc1[N+](=O)[O-]. The molecule has 1 aliphatic heterocycles. The number of aryl methyl sites for hydroxylation is 1. The lowest BCUT2D eigenvalue weighted by Gasteiger charge is -2.29. The molecule has 0 saturated heterocycles. The van der Waals surface area contributed by atoms with Crippen molar-refractivity contribution in [1.29, 1.82) is 0 Å². The van der Waals surface area contributed by atoms with Crippen LogP contribution in [0.5, 0.6) is 0 Å². The number of nitro benzene ring substituents is 1. The summed E-state index contributed by atoms with van der Waals surface area (Å²) in [6, 6.07) is 24.0. The van der Waals surface area contributed by atoms with Gasteiger partial charge in [-0.1, -0.05) is 60.7 Å². The Kier molecular flexibility index (Phi) is 4.17. The summed E-state index contributed by atoms with van der Waals surface area (Å²) < 4.78 is 0. The largest absolute Gasteiger partial charge is 0.359 e. The molecule has 130 valence electrons. The first kappa shape index (κ1) is 16.3. The van der Waals surface area contributed by atoms with E-state index in [1.807, 2.05) is 24.3 Å². The van der Waals surface area contributed by atoms with E-state index >= 15 is 0 Å². The highest BCUT2D eigenvalue weighted by Gasteiger charge is 2.32. The van der Waals surface area contributed by atoms with Gasteiger partial charge in [0.2, 0.25) is 0 Å². The molecule has 3 aromatic carbocycles. The number of hydrogen-bond acceptors (Lipinski definition) is 3. The molecule has 0 bridgehead atoms. The van der Waals surface area contributed by atoms with Gasteiger partial charge in [0.1, 0.15) is 0 Å². The molecule has 0 radical (unpaired) electrons. The van der Waals surface area contributed by atoms with Crippen LogP contribution in [0.1, 0.15) is 28.3 Å². The third-order valence-corrected chi connectivity index (χ3v) is 5.17. The third-order valence-electron chi connectivity index (χ3n) is 5.17. The van der Waals surface area contributed by atoms with Gasteiger partial charge in [-0.25, -0.2) is 0 Å². The van der Waals surface area contributed by atoms with Crippen molar-refractivity contribution in [2.24, 2.45) is 0 Å². The fourth-order valence-corrected chi connectivity index (χ4v) is 3.89. The summed E-state index contributed by atoms with van der Waals surface area (Å²) in [6.45, 7) is 2.65. The minimum Gasteiger partial charge on any atom is -0.359 e. The summed E-state index contributed by atoms with van der Waals surface area (Å²) in [7, 11) is 0. The number of nitro groups is 1. The molecule has 0 fully saturated rings. The zero-order valence-corrected chi connectivity index (χ0v) is 14.6. The molecule has 4 rings (SSSR count). The molecule has 0 amide bonds. The standard InChI is InChI=1S/C22H20N2O2/c1-16-8-2-5-11-19(16)22-14-17-9-3-6-12-20(17)23(22)15-18-10-4-7-13-21(18)24(25)26/h2-13,22H,14-15H2,1H3/t22-/m0/s1. The quantitative estimate of drug-likeness (QED) is 0.482. The van der Waals surface area contributed by atoms with Crippen molar-refractivity contribution in [3.63, 3.8) is 0 Å². The maximum Gasteiger partial charge on any atom is 0.274 e. The Labute approximate surface area is 152 Å². The molecule has 26 heavy (non-hydrogen) atoms. The Bertz CT molecular complexity index is 968. The Morgan fingerprint density at radius 3 is 2.50 bits per heavy atom. The van der Waals surface area contributed by atoms with E-state index in [4.69, 9.17) is 0 Å². The lowest BCUT2D eigenvalue weighted by molar-refractivity contribution is -0.385. The summed E-state index contributed by atoms with van der Waals surface area (Å²) >= 11 is 0. The van der Waals surface area contributed by atoms with E-state index in [-0.39, 0.29) is 16.7 Å². The molecule has 0 spiro atoms. The van der Waals surface area contributed by atoms with Gasteiger partial charge in [-0.15, -0.1) is 0 Å². The molecular weight excluding hydrogens is 324 g/mol. The average Bonchev–Trinajstić information content (AvgIpc) is 3.01. The van der Waals surface area contributed by atoms with Crippen LogP contribution in [0.3, 0.4) is 0 Å². The molecule has 4 nitrogen and oxygen atoms in total. The van der Waals surface area contributed by atoms with Crippen molar-refractivity contribution in [2.45, 2.75) is 25.9 Å². The van der Waals surface area contributed by atoms with Gasteiger partial charge in [0.05, 0.1) is 17.5 Å². The second kappa shape index (κ2) is 6.64. The number of nitrogens with zero attached hydrogens (tertiary/aromatic N) is 2. The van der Waals surface area contributed by atoms with Gasteiger partial charge in [-0.3, -0.25) is 10.1 Å². The fraction of sp³-hybridized carbons (Fsp3) is 0.182. The molecular formula is C22H20N2O2. The molecule has 1 aliphatic rings. The topological polar surface area (TPSA) is 46.4 Å². The van der Waals surface area contributed by atoms with Crippen LogP contribution < -0.4 is 4.90 Å². The van der Waals surface area contributed by atoms with Crippen LogP contribution in [-0.2, 0) is 13.0 Å². The monoisotopic (exact) mass is 344 g/mol. The maximum atomic E-state index is 11.4. The number of para-hydroxylation sites is 2. The van der Waals surface area contributed by atoms with Crippen molar-refractivity contribution in [1.82, 2.24) is 0 Å². The van der Waals surface area contributed by atoms with Crippen molar-refractivity contribution in [2.75, 3.05) is 4.90 Å². The lowest BCUT2D eigenvalue weighted by atomic mass is 9.97. The van der Waals surface area contributed by atoms with Crippen molar-refractivity contribution in [3.05, 3.63) is 105 Å². The van der Waals surface area contributed by atoms with Gasteiger partial charge < -0.3 is 4.90 Å². The summed E-state index contributed by atoms with van der Waals surface area (Å²) in [5, 5.41) is 11.4. The summed E-state index contributed by atoms with van der Waals surface area (Å²) in [4.78, 5) is 13.4. The number of rotatable bonds is 4. The average molecular weight is 344 g/mol. The van der Waals surface area contributed by atoms with E-state index in [0.717, 1.165) is 12.0 Å².